The van der Waals surface area contributed by atoms with Crippen LogP contribution in [0.5, 0.6) is 11.5 Å². The van der Waals surface area contributed by atoms with Crippen LogP contribution in [0, 0.1) is 6.92 Å². The Morgan fingerprint density at radius 1 is 1.04 bits per heavy atom. The number of aryl methyl sites for hydroxylation is 3. The maximum atomic E-state index is 5.56. The summed E-state index contributed by atoms with van der Waals surface area (Å²) in [7, 11) is 3.29. The first-order chi connectivity index (χ1) is 11.7. The zero-order valence-electron chi connectivity index (χ0n) is 14.1. The summed E-state index contributed by atoms with van der Waals surface area (Å²) in [6.45, 7) is 3.67. The van der Waals surface area contributed by atoms with Gasteiger partial charge in [0.1, 0.15) is 5.82 Å². The standard InChI is InChI=1S/C17H21N5O2/c1-13-11-14(16(24-3)15(12-13)23-2)17-18-5-9-21(17)7-4-8-22-10-6-19-20-22/h5-6,9-12H,4,7-8H2,1-3H3. The summed E-state index contributed by atoms with van der Waals surface area (Å²) in [5.74, 6) is 2.28. The van der Waals surface area contributed by atoms with Crippen LogP contribution in [0.4, 0.5) is 0 Å². The lowest BCUT2D eigenvalue weighted by atomic mass is 10.1. The van der Waals surface area contributed by atoms with E-state index in [9.17, 15) is 0 Å². The minimum Gasteiger partial charge on any atom is -0.493 e. The largest absolute Gasteiger partial charge is 0.493 e. The van der Waals surface area contributed by atoms with E-state index >= 15 is 0 Å². The summed E-state index contributed by atoms with van der Waals surface area (Å²) in [5, 5.41) is 7.80. The van der Waals surface area contributed by atoms with Crippen LogP contribution in [0.25, 0.3) is 11.4 Å². The van der Waals surface area contributed by atoms with Crippen LogP contribution in [-0.2, 0) is 13.1 Å². The molecular weight excluding hydrogens is 306 g/mol. The molecule has 0 radical (unpaired) electrons. The molecule has 0 aliphatic rings. The Kier molecular flexibility index (Phi) is 4.79. The molecule has 0 saturated carbocycles. The second-order valence-electron chi connectivity index (χ2n) is 5.51. The van der Waals surface area contributed by atoms with E-state index < -0.39 is 0 Å². The van der Waals surface area contributed by atoms with E-state index in [4.69, 9.17) is 9.47 Å². The molecule has 0 amide bonds. The Balaban J connectivity index is 1.85. The summed E-state index contributed by atoms with van der Waals surface area (Å²) >= 11 is 0. The van der Waals surface area contributed by atoms with Gasteiger partial charge in [0.2, 0.25) is 0 Å². The van der Waals surface area contributed by atoms with Crippen molar-refractivity contribution in [2.24, 2.45) is 0 Å². The molecule has 0 atom stereocenters. The van der Waals surface area contributed by atoms with Crippen LogP contribution < -0.4 is 9.47 Å². The molecule has 0 aliphatic heterocycles. The number of aromatic nitrogens is 5. The normalized spacial score (nSPS) is 10.8. The van der Waals surface area contributed by atoms with Gasteiger partial charge in [-0.3, -0.25) is 4.68 Å². The first-order valence-electron chi connectivity index (χ1n) is 7.81. The third kappa shape index (κ3) is 3.24. The molecule has 0 fully saturated rings. The quantitative estimate of drug-likeness (QED) is 0.667. The molecule has 1 aromatic carbocycles. The maximum Gasteiger partial charge on any atom is 0.171 e. The molecule has 0 bridgehead atoms. The van der Waals surface area contributed by atoms with E-state index in [1.165, 1.54) is 0 Å². The van der Waals surface area contributed by atoms with Crippen LogP contribution >= 0.6 is 0 Å². The topological polar surface area (TPSA) is 67.0 Å². The first-order valence-corrected chi connectivity index (χ1v) is 7.81. The van der Waals surface area contributed by atoms with Crippen molar-refractivity contribution in [2.45, 2.75) is 26.4 Å². The SMILES string of the molecule is COc1cc(C)cc(-c2nccn2CCCn2ccnn2)c1OC. The number of hydrogen-bond acceptors (Lipinski definition) is 5. The highest BCUT2D eigenvalue weighted by Gasteiger charge is 2.16. The van der Waals surface area contributed by atoms with Crippen molar-refractivity contribution in [3.8, 4) is 22.9 Å². The van der Waals surface area contributed by atoms with Gasteiger partial charge in [0.15, 0.2) is 11.5 Å². The fourth-order valence-electron chi connectivity index (χ4n) is 2.76. The summed E-state index contributed by atoms with van der Waals surface area (Å²) in [4.78, 5) is 4.52. The lowest BCUT2D eigenvalue weighted by molar-refractivity contribution is 0.355. The highest BCUT2D eigenvalue weighted by Crippen LogP contribution is 2.38. The molecular formula is C17H21N5O2. The average molecular weight is 327 g/mol. The molecule has 126 valence electrons. The van der Waals surface area contributed by atoms with Crippen molar-refractivity contribution < 1.29 is 9.47 Å². The summed E-state index contributed by atoms with van der Waals surface area (Å²) in [6.07, 6.45) is 8.26. The predicted octanol–water partition coefficient (Wildman–Crippen LogP) is 2.56. The molecule has 0 aliphatic carbocycles. The van der Waals surface area contributed by atoms with Gasteiger partial charge in [0.25, 0.3) is 0 Å². The highest BCUT2D eigenvalue weighted by molar-refractivity contribution is 5.70. The van der Waals surface area contributed by atoms with Gasteiger partial charge in [0.05, 0.1) is 26.0 Å². The van der Waals surface area contributed by atoms with Gasteiger partial charge in [-0.05, 0) is 31.0 Å². The van der Waals surface area contributed by atoms with Crippen molar-refractivity contribution in [3.05, 3.63) is 42.5 Å². The molecule has 2 heterocycles. The number of methoxy groups -OCH3 is 2. The molecule has 0 unspecified atom stereocenters. The number of hydrogen-bond donors (Lipinski definition) is 0. The number of nitrogens with zero attached hydrogens (tertiary/aromatic N) is 5. The van der Waals surface area contributed by atoms with Gasteiger partial charge in [0, 0.05) is 31.7 Å². The zero-order chi connectivity index (χ0) is 16.9. The first kappa shape index (κ1) is 16.0. The lowest BCUT2D eigenvalue weighted by Crippen LogP contribution is -2.06. The van der Waals surface area contributed by atoms with Crippen LogP contribution in [0.2, 0.25) is 0 Å². The second kappa shape index (κ2) is 7.16. The summed E-state index contributed by atoms with van der Waals surface area (Å²) in [5.41, 5.74) is 2.03. The van der Waals surface area contributed by atoms with Gasteiger partial charge in [-0.15, -0.1) is 5.10 Å². The summed E-state index contributed by atoms with van der Waals surface area (Å²) in [6, 6.07) is 4.03. The Morgan fingerprint density at radius 2 is 1.92 bits per heavy atom. The predicted molar refractivity (Wildman–Crippen MR) is 90.1 cm³/mol. The van der Waals surface area contributed by atoms with E-state index in [2.05, 4.69) is 25.9 Å². The molecule has 2 aromatic heterocycles. The van der Waals surface area contributed by atoms with E-state index in [0.717, 1.165) is 36.5 Å². The molecule has 7 heteroatoms. The smallest absolute Gasteiger partial charge is 0.171 e. The van der Waals surface area contributed by atoms with Crippen molar-refractivity contribution in [2.75, 3.05) is 14.2 Å². The summed E-state index contributed by atoms with van der Waals surface area (Å²) < 4.78 is 15.0. The highest BCUT2D eigenvalue weighted by atomic mass is 16.5. The van der Waals surface area contributed by atoms with Crippen molar-refractivity contribution in [1.82, 2.24) is 24.5 Å². The van der Waals surface area contributed by atoms with Gasteiger partial charge in [-0.25, -0.2) is 4.98 Å². The zero-order valence-corrected chi connectivity index (χ0v) is 14.1. The third-order valence-electron chi connectivity index (χ3n) is 3.84. The minimum absolute atomic E-state index is 0.701. The Labute approximate surface area is 140 Å². The fourth-order valence-corrected chi connectivity index (χ4v) is 2.76. The van der Waals surface area contributed by atoms with E-state index in [0.29, 0.717) is 11.5 Å². The molecule has 3 rings (SSSR count). The van der Waals surface area contributed by atoms with E-state index in [1.807, 2.05) is 30.1 Å². The molecule has 3 aromatic rings. The van der Waals surface area contributed by atoms with Crippen LogP contribution in [-0.4, -0.2) is 38.8 Å². The average Bonchev–Trinajstić information content (AvgIpc) is 3.25. The van der Waals surface area contributed by atoms with Gasteiger partial charge in [-0.2, -0.15) is 0 Å². The second-order valence-corrected chi connectivity index (χ2v) is 5.51. The number of benzene rings is 1. The van der Waals surface area contributed by atoms with Gasteiger partial charge < -0.3 is 14.0 Å². The van der Waals surface area contributed by atoms with Crippen LogP contribution in [0.15, 0.2) is 36.9 Å². The molecule has 0 spiro atoms. The van der Waals surface area contributed by atoms with E-state index in [1.54, 1.807) is 26.6 Å². The van der Waals surface area contributed by atoms with Crippen molar-refractivity contribution >= 4 is 0 Å². The van der Waals surface area contributed by atoms with Crippen LogP contribution in [0.3, 0.4) is 0 Å². The minimum atomic E-state index is 0.701. The van der Waals surface area contributed by atoms with Crippen LogP contribution in [0.1, 0.15) is 12.0 Å². The Bertz CT molecular complexity index is 795. The third-order valence-corrected chi connectivity index (χ3v) is 3.84. The Hall–Kier alpha value is -2.83. The number of ether oxygens (including phenoxy) is 2. The van der Waals surface area contributed by atoms with Gasteiger partial charge in [-0.1, -0.05) is 5.21 Å². The van der Waals surface area contributed by atoms with Crippen molar-refractivity contribution in [3.63, 3.8) is 0 Å². The number of imidazole rings is 1. The fraction of sp³-hybridized carbons (Fsp3) is 0.353. The monoisotopic (exact) mass is 327 g/mol. The molecule has 0 saturated heterocycles. The van der Waals surface area contributed by atoms with E-state index in [-0.39, 0.29) is 0 Å². The molecule has 24 heavy (non-hydrogen) atoms. The maximum absolute atomic E-state index is 5.56. The van der Waals surface area contributed by atoms with Crippen molar-refractivity contribution in [1.29, 1.82) is 0 Å². The molecule has 0 N–H and O–H groups in total. The molecule has 7 nitrogen and oxygen atoms in total. The Morgan fingerprint density at radius 3 is 2.62 bits per heavy atom. The lowest BCUT2D eigenvalue weighted by Gasteiger charge is -2.15. The van der Waals surface area contributed by atoms with Gasteiger partial charge >= 0.3 is 0 Å². The number of rotatable bonds is 7.